The molecule has 2 aromatic rings. The molecule has 6 heteroatoms. The molecule has 0 radical (unpaired) electrons. The molecule has 0 bridgehead atoms. The molecule has 0 saturated carbocycles. The van der Waals surface area contributed by atoms with E-state index in [9.17, 15) is 10.1 Å². The van der Waals surface area contributed by atoms with Crippen molar-refractivity contribution in [2.45, 2.75) is 25.8 Å². The van der Waals surface area contributed by atoms with Crippen molar-refractivity contribution in [3.63, 3.8) is 0 Å². The van der Waals surface area contributed by atoms with Crippen molar-refractivity contribution in [1.82, 2.24) is 10.3 Å². The summed E-state index contributed by atoms with van der Waals surface area (Å²) in [5, 5.41) is 13.9. The van der Waals surface area contributed by atoms with Crippen LogP contribution in [0.5, 0.6) is 0 Å². The van der Waals surface area contributed by atoms with Gasteiger partial charge >= 0.3 is 0 Å². The summed E-state index contributed by atoms with van der Waals surface area (Å²) >= 11 is 6.14. The fourth-order valence-electron chi connectivity index (χ4n) is 3.16. The first-order valence-electron chi connectivity index (χ1n) is 7.59. The molecule has 0 spiro atoms. The van der Waals surface area contributed by atoms with Crippen molar-refractivity contribution >= 4 is 34.1 Å². The van der Waals surface area contributed by atoms with E-state index >= 15 is 0 Å². The number of anilines is 1. The monoisotopic (exact) mass is 328 g/mol. The van der Waals surface area contributed by atoms with Crippen LogP contribution in [0.15, 0.2) is 24.4 Å². The van der Waals surface area contributed by atoms with E-state index in [4.69, 9.17) is 11.6 Å². The standard InChI is InChI=1S/C17H17ClN4O/c1-11(23)21-14-3-2-6-22(10-14)17-12(8-19)9-20-16-5-4-13(18)7-15(16)17/h4-5,7,9,14H,2-3,6,10H2,1H3,(H,21,23)/t14-/m1/s1. The Hall–Kier alpha value is -2.32. The summed E-state index contributed by atoms with van der Waals surface area (Å²) in [6, 6.07) is 7.82. The minimum atomic E-state index is -0.0278. The second-order valence-corrected chi connectivity index (χ2v) is 6.22. The zero-order valence-corrected chi connectivity index (χ0v) is 13.6. The number of benzene rings is 1. The highest BCUT2D eigenvalue weighted by molar-refractivity contribution is 6.31. The average Bonchev–Trinajstić information content (AvgIpc) is 2.53. The van der Waals surface area contributed by atoms with E-state index in [0.717, 1.165) is 36.0 Å². The number of nitrogens with one attached hydrogen (secondary N) is 1. The molecule has 1 atom stereocenters. The van der Waals surface area contributed by atoms with Gasteiger partial charge in [0.05, 0.1) is 16.8 Å². The van der Waals surface area contributed by atoms with Crippen LogP contribution in [0.25, 0.3) is 10.9 Å². The summed E-state index contributed by atoms with van der Waals surface area (Å²) in [4.78, 5) is 17.8. The third-order valence-corrected chi connectivity index (χ3v) is 4.30. The number of aromatic nitrogens is 1. The lowest BCUT2D eigenvalue weighted by atomic mass is 10.0. The van der Waals surface area contributed by atoms with Gasteiger partial charge in [-0.3, -0.25) is 9.78 Å². The molecular weight excluding hydrogens is 312 g/mol. The Labute approximate surface area is 139 Å². The van der Waals surface area contributed by atoms with Crippen molar-refractivity contribution in [2.75, 3.05) is 18.0 Å². The third kappa shape index (κ3) is 3.22. The maximum absolute atomic E-state index is 11.3. The molecule has 1 N–H and O–H groups in total. The van der Waals surface area contributed by atoms with Crippen molar-refractivity contribution in [3.05, 3.63) is 35.0 Å². The molecule has 5 nitrogen and oxygen atoms in total. The smallest absolute Gasteiger partial charge is 0.217 e. The van der Waals surface area contributed by atoms with Crippen LogP contribution in [-0.2, 0) is 4.79 Å². The van der Waals surface area contributed by atoms with Gasteiger partial charge in [0.2, 0.25) is 5.91 Å². The fraction of sp³-hybridized carbons (Fsp3) is 0.353. The van der Waals surface area contributed by atoms with Gasteiger partial charge in [0.25, 0.3) is 0 Å². The van der Waals surface area contributed by atoms with Crippen molar-refractivity contribution in [3.8, 4) is 6.07 Å². The van der Waals surface area contributed by atoms with Crippen molar-refractivity contribution in [1.29, 1.82) is 5.26 Å². The van der Waals surface area contributed by atoms with Gasteiger partial charge in [0.15, 0.2) is 0 Å². The Balaban J connectivity index is 2.05. The van der Waals surface area contributed by atoms with Gasteiger partial charge in [-0.15, -0.1) is 0 Å². The minimum absolute atomic E-state index is 0.0278. The third-order valence-electron chi connectivity index (χ3n) is 4.07. The van der Waals surface area contributed by atoms with Crippen LogP contribution >= 0.6 is 11.6 Å². The van der Waals surface area contributed by atoms with E-state index < -0.39 is 0 Å². The summed E-state index contributed by atoms with van der Waals surface area (Å²) < 4.78 is 0. The molecule has 1 aliphatic rings. The average molecular weight is 329 g/mol. The molecule has 0 aliphatic carbocycles. The molecule has 1 fully saturated rings. The van der Waals surface area contributed by atoms with Crippen LogP contribution in [0.4, 0.5) is 5.69 Å². The van der Waals surface area contributed by atoms with Crippen LogP contribution in [0.3, 0.4) is 0 Å². The molecule has 3 rings (SSSR count). The van der Waals surface area contributed by atoms with Gasteiger partial charge in [-0.05, 0) is 31.0 Å². The van der Waals surface area contributed by atoms with Gasteiger partial charge < -0.3 is 10.2 Å². The molecule has 118 valence electrons. The normalized spacial score (nSPS) is 17.8. The number of nitrogens with zero attached hydrogens (tertiary/aromatic N) is 3. The summed E-state index contributed by atoms with van der Waals surface area (Å²) in [5.41, 5.74) is 2.20. The summed E-state index contributed by atoms with van der Waals surface area (Å²) in [5.74, 6) is -0.0278. The quantitative estimate of drug-likeness (QED) is 0.920. The number of halogens is 1. The number of fused-ring (bicyclic) bond motifs is 1. The first-order chi connectivity index (χ1) is 11.1. The number of rotatable bonds is 2. The van der Waals surface area contributed by atoms with E-state index in [1.54, 1.807) is 12.3 Å². The SMILES string of the molecule is CC(=O)N[C@@H]1CCCN(c2c(C#N)cnc3ccc(Cl)cc23)C1. The lowest BCUT2D eigenvalue weighted by Crippen LogP contribution is -2.47. The molecule has 1 aliphatic heterocycles. The number of piperidine rings is 1. The molecule has 23 heavy (non-hydrogen) atoms. The molecule has 1 amide bonds. The Bertz CT molecular complexity index is 799. The second-order valence-electron chi connectivity index (χ2n) is 5.78. The zero-order valence-electron chi connectivity index (χ0n) is 12.8. The molecule has 2 heterocycles. The maximum Gasteiger partial charge on any atom is 0.217 e. The number of hydrogen-bond donors (Lipinski definition) is 1. The lowest BCUT2D eigenvalue weighted by molar-refractivity contribution is -0.119. The summed E-state index contributed by atoms with van der Waals surface area (Å²) in [6.07, 6.45) is 3.51. The fourth-order valence-corrected chi connectivity index (χ4v) is 3.33. The van der Waals surface area contributed by atoms with Crippen LogP contribution in [0.2, 0.25) is 5.02 Å². The Kier molecular flexibility index (Phi) is 4.35. The second kappa shape index (κ2) is 6.43. The number of amides is 1. The summed E-state index contributed by atoms with van der Waals surface area (Å²) in [6.45, 7) is 3.05. The van der Waals surface area contributed by atoms with Gasteiger partial charge in [0.1, 0.15) is 6.07 Å². The van der Waals surface area contributed by atoms with Crippen LogP contribution in [0, 0.1) is 11.3 Å². The summed E-state index contributed by atoms with van der Waals surface area (Å²) in [7, 11) is 0. The molecular formula is C17H17ClN4O. The van der Waals surface area contributed by atoms with Crippen molar-refractivity contribution in [2.24, 2.45) is 0 Å². The van der Waals surface area contributed by atoms with Gasteiger partial charge in [-0.25, -0.2) is 0 Å². The predicted octanol–water partition coefficient (Wildman–Crippen LogP) is 2.86. The van der Waals surface area contributed by atoms with Crippen LogP contribution in [0.1, 0.15) is 25.3 Å². The van der Waals surface area contributed by atoms with Crippen LogP contribution in [-0.4, -0.2) is 30.0 Å². The minimum Gasteiger partial charge on any atom is -0.368 e. The van der Waals surface area contributed by atoms with E-state index in [0.29, 0.717) is 17.1 Å². The van der Waals surface area contributed by atoms with E-state index in [-0.39, 0.29) is 11.9 Å². The Morgan fingerprint density at radius 1 is 1.52 bits per heavy atom. The van der Waals surface area contributed by atoms with Gasteiger partial charge in [-0.2, -0.15) is 5.26 Å². The van der Waals surface area contributed by atoms with Crippen molar-refractivity contribution < 1.29 is 4.79 Å². The van der Waals surface area contributed by atoms with E-state index in [2.05, 4.69) is 21.3 Å². The Morgan fingerprint density at radius 2 is 2.35 bits per heavy atom. The predicted molar refractivity (Wildman–Crippen MR) is 90.5 cm³/mol. The largest absolute Gasteiger partial charge is 0.368 e. The lowest BCUT2D eigenvalue weighted by Gasteiger charge is -2.35. The van der Waals surface area contributed by atoms with Gasteiger partial charge in [-0.1, -0.05) is 11.6 Å². The molecule has 1 saturated heterocycles. The molecule has 0 unspecified atom stereocenters. The number of carbonyl (C=O) groups excluding carboxylic acids is 1. The number of pyridine rings is 1. The number of nitriles is 1. The van der Waals surface area contributed by atoms with E-state index in [1.165, 1.54) is 6.92 Å². The number of carbonyl (C=O) groups is 1. The molecule has 1 aromatic carbocycles. The highest BCUT2D eigenvalue weighted by atomic mass is 35.5. The highest BCUT2D eigenvalue weighted by Crippen LogP contribution is 2.33. The molecule has 1 aromatic heterocycles. The first-order valence-corrected chi connectivity index (χ1v) is 7.96. The van der Waals surface area contributed by atoms with Crippen LogP contribution < -0.4 is 10.2 Å². The number of hydrogen-bond acceptors (Lipinski definition) is 4. The zero-order chi connectivity index (χ0) is 16.4. The Morgan fingerprint density at radius 3 is 3.09 bits per heavy atom. The highest BCUT2D eigenvalue weighted by Gasteiger charge is 2.24. The van der Waals surface area contributed by atoms with Gasteiger partial charge in [0, 0.05) is 42.7 Å². The van der Waals surface area contributed by atoms with E-state index in [1.807, 2.05) is 12.1 Å². The first kappa shape index (κ1) is 15.6. The topological polar surface area (TPSA) is 69.0 Å². The maximum atomic E-state index is 11.3.